The number of pyridine rings is 1. The van der Waals surface area contributed by atoms with Crippen LogP contribution in [0, 0.1) is 11.3 Å². The third-order valence-corrected chi connectivity index (χ3v) is 7.04. The fraction of sp³-hybridized carbons (Fsp3) is 0.400. The molecule has 3 aromatic heterocycles. The molecule has 1 saturated heterocycles. The largest absolute Gasteiger partial charge is 0.423 e. The van der Waals surface area contributed by atoms with Gasteiger partial charge in [0.25, 0.3) is 5.56 Å². The van der Waals surface area contributed by atoms with Crippen molar-refractivity contribution in [3.8, 4) is 6.07 Å². The van der Waals surface area contributed by atoms with E-state index in [9.17, 15) is 10.1 Å². The lowest BCUT2D eigenvalue weighted by Crippen LogP contribution is -2.44. The molecule has 0 atom stereocenters. The van der Waals surface area contributed by atoms with Crippen molar-refractivity contribution in [2.24, 2.45) is 0 Å². The van der Waals surface area contributed by atoms with E-state index in [1.165, 1.54) is 0 Å². The molecule has 0 spiro atoms. The van der Waals surface area contributed by atoms with Crippen LogP contribution in [0.1, 0.15) is 37.3 Å². The summed E-state index contributed by atoms with van der Waals surface area (Å²) in [6.45, 7) is 4.02. The second kappa shape index (κ2) is 8.67. The number of nitrogens with one attached hydrogen (secondary N) is 1. The number of aromatic nitrogens is 4. The molecule has 1 saturated carbocycles. The average molecular weight is 471 g/mol. The van der Waals surface area contributed by atoms with Crippen molar-refractivity contribution in [1.82, 2.24) is 24.4 Å². The number of nitriles is 1. The quantitative estimate of drug-likeness (QED) is 0.479. The Labute approximate surface area is 201 Å². The number of benzene rings is 1. The second-order valence-corrected chi connectivity index (χ2v) is 9.34. The molecule has 0 bridgehead atoms. The molecule has 1 aromatic carbocycles. The van der Waals surface area contributed by atoms with Crippen LogP contribution >= 0.6 is 0 Å². The van der Waals surface area contributed by atoms with Gasteiger partial charge >= 0.3 is 6.01 Å². The maximum absolute atomic E-state index is 13.0. The van der Waals surface area contributed by atoms with Gasteiger partial charge in [-0.2, -0.15) is 15.2 Å². The molecule has 35 heavy (non-hydrogen) atoms. The van der Waals surface area contributed by atoms with Gasteiger partial charge in [-0.1, -0.05) is 12.8 Å². The first-order valence-electron chi connectivity index (χ1n) is 12.0. The van der Waals surface area contributed by atoms with Gasteiger partial charge in [0.1, 0.15) is 22.8 Å². The van der Waals surface area contributed by atoms with E-state index in [1.807, 2.05) is 18.2 Å². The number of hydrogen-bond donors (Lipinski definition) is 1. The van der Waals surface area contributed by atoms with Crippen LogP contribution in [0.2, 0.25) is 0 Å². The molecule has 4 heterocycles. The minimum absolute atomic E-state index is 0.0402. The van der Waals surface area contributed by atoms with Crippen molar-refractivity contribution in [3.05, 3.63) is 46.4 Å². The molecular formula is C25H26N8O2. The highest BCUT2D eigenvalue weighted by atomic mass is 16.4. The number of likely N-dealkylation sites (N-methyl/N-ethyl adjacent to an activating group) is 1. The van der Waals surface area contributed by atoms with E-state index in [0.29, 0.717) is 28.6 Å². The minimum Gasteiger partial charge on any atom is -0.423 e. The van der Waals surface area contributed by atoms with Crippen LogP contribution in [0.15, 0.2) is 39.7 Å². The Morgan fingerprint density at radius 2 is 1.91 bits per heavy atom. The van der Waals surface area contributed by atoms with Gasteiger partial charge in [0, 0.05) is 49.5 Å². The molecule has 2 aliphatic rings. The Balaban J connectivity index is 1.32. The molecule has 0 amide bonds. The van der Waals surface area contributed by atoms with E-state index < -0.39 is 0 Å². The predicted molar refractivity (Wildman–Crippen MR) is 133 cm³/mol. The fourth-order valence-corrected chi connectivity index (χ4v) is 5.09. The Bertz CT molecular complexity index is 1500. The smallest absolute Gasteiger partial charge is 0.302 e. The van der Waals surface area contributed by atoms with Gasteiger partial charge in [-0.15, -0.1) is 0 Å². The molecule has 0 radical (unpaired) electrons. The third-order valence-electron chi connectivity index (χ3n) is 7.04. The maximum Gasteiger partial charge on any atom is 0.302 e. The van der Waals surface area contributed by atoms with Gasteiger partial charge in [0.2, 0.25) is 5.95 Å². The second-order valence-electron chi connectivity index (χ2n) is 9.34. The number of hydrogen-bond acceptors (Lipinski definition) is 9. The summed E-state index contributed by atoms with van der Waals surface area (Å²) in [4.78, 5) is 31.3. The Morgan fingerprint density at radius 3 is 2.69 bits per heavy atom. The van der Waals surface area contributed by atoms with E-state index in [-0.39, 0.29) is 17.2 Å². The van der Waals surface area contributed by atoms with E-state index in [4.69, 9.17) is 4.42 Å². The van der Waals surface area contributed by atoms with Gasteiger partial charge in [-0.25, -0.2) is 4.98 Å². The fourth-order valence-electron chi connectivity index (χ4n) is 5.09. The molecule has 10 heteroatoms. The molecule has 1 aliphatic carbocycles. The summed E-state index contributed by atoms with van der Waals surface area (Å²) < 4.78 is 7.56. The molecule has 1 N–H and O–H groups in total. The van der Waals surface area contributed by atoms with E-state index in [2.05, 4.69) is 43.2 Å². The summed E-state index contributed by atoms with van der Waals surface area (Å²) in [6.07, 6.45) is 5.55. The number of rotatable bonds is 4. The molecule has 0 unspecified atom stereocenters. The van der Waals surface area contributed by atoms with E-state index >= 15 is 0 Å². The number of oxazole rings is 1. The van der Waals surface area contributed by atoms with Crippen molar-refractivity contribution in [2.45, 2.75) is 31.7 Å². The Morgan fingerprint density at radius 1 is 1.11 bits per heavy atom. The summed E-state index contributed by atoms with van der Waals surface area (Å²) in [5.41, 5.74) is 2.89. The van der Waals surface area contributed by atoms with Crippen LogP contribution in [-0.2, 0) is 0 Å². The topological polar surface area (TPSA) is 116 Å². The molecular weight excluding hydrogens is 444 g/mol. The number of nitrogens with zero attached hydrogens (tertiary/aromatic N) is 7. The van der Waals surface area contributed by atoms with Crippen molar-refractivity contribution >= 4 is 39.8 Å². The van der Waals surface area contributed by atoms with Crippen LogP contribution in [0.5, 0.6) is 0 Å². The zero-order chi connectivity index (χ0) is 23.9. The van der Waals surface area contributed by atoms with Crippen LogP contribution < -0.4 is 15.8 Å². The van der Waals surface area contributed by atoms with Crippen molar-refractivity contribution in [3.63, 3.8) is 0 Å². The van der Waals surface area contributed by atoms with Crippen molar-refractivity contribution < 1.29 is 4.42 Å². The first kappa shape index (κ1) is 21.6. The molecule has 178 valence electrons. The van der Waals surface area contributed by atoms with E-state index in [0.717, 1.165) is 63.1 Å². The maximum atomic E-state index is 13.0. The summed E-state index contributed by atoms with van der Waals surface area (Å²) >= 11 is 0. The minimum atomic E-state index is -0.296. The monoisotopic (exact) mass is 470 g/mol. The first-order chi connectivity index (χ1) is 17.1. The standard InChI is InChI=1S/C25H26N8O2/c1-31-8-10-32(11-9-31)19-6-7-21-20(13-19)28-25(35-21)30-24-27-15-17-12-16(14-26)23(34)33(22(17)29-24)18-4-2-3-5-18/h6-7,12-13,15,18H,2-5,8-11H2,1H3,(H,27,28,29,30). The number of anilines is 3. The summed E-state index contributed by atoms with van der Waals surface area (Å²) in [5, 5.41) is 13.2. The number of piperazine rings is 1. The normalized spacial score (nSPS) is 17.3. The molecule has 6 rings (SSSR count). The zero-order valence-corrected chi connectivity index (χ0v) is 19.6. The van der Waals surface area contributed by atoms with Gasteiger partial charge in [-0.3, -0.25) is 14.7 Å². The van der Waals surface area contributed by atoms with Gasteiger partial charge in [0.05, 0.1) is 0 Å². The molecule has 10 nitrogen and oxygen atoms in total. The van der Waals surface area contributed by atoms with Crippen LogP contribution in [-0.4, -0.2) is 57.6 Å². The lowest BCUT2D eigenvalue weighted by molar-refractivity contribution is 0.313. The van der Waals surface area contributed by atoms with Crippen molar-refractivity contribution in [2.75, 3.05) is 43.4 Å². The van der Waals surface area contributed by atoms with Crippen LogP contribution in [0.4, 0.5) is 17.7 Å². The molecule has 1 aliphatic heterocycles. The lowest BCUT2D eigenvalue weighted by Gasteiger charge is -2.33. The van der Waals surface area contributed by atoms with Gasteiger partial charge in [0.15, 0.2) is 5.58 Å². The first-order valence-corrected chi connectivity index (χ1v) is 12.0. The predicted octanol–water partition coefficient (Wildman–Crippen LogP) is 3.41. The van der Waals surface area contributed by atoms with Crippen LogP contribution in [0.25, 0.3) is 22.1 Å². The number of fused-ring (bicyclic) bond motifs is 2. The summed E-state index contributed by atoms with van der Waals surface area (Å²) in [5.74, 6) is 0.291. The summed E-state index contributed by atoms with van der Waals surface area (Å²) in [6, 6.07) is 9.94. The van der Waals surface area contributed by atoms with Gasteiger partial charge < -0.3 is 14.2 Å². The highest BCUT2D eigenvalue weighted by molar-refractivity contribution is 5.80. The SMILES string of the molecule is CN1CCN(c2ccc3oc(Nc4ncc5cc(C#N)c(=O)n(C6CCCC6)c5n4)nc3c2)CC1. The lowest BCUT2D eigenvalue weighted by atomic mass is 10.2. The highest BCUT2D eigenvalue weighted by Gasteiger charge is 2.23. The molecule has 4 aromatic rings. The van der Waals surface area contributed by atoms with E-state index in [1.54, 1.807) is 16.8 Å². The Kier molecular flexibility index (Phi) is 5.34. The van der Waals surface area contributed by atoms with Gasteiger partial charge in [-0.05, 0) is 44.2 Å². The average Bonchev–Trinajstić information content (AvgIpc) is 3.53. The summed E-state index contributed by atoms with van der Waals surface area (Å²) in [7, 11) is 2.14. The zero-order valence-electron chi connectivity index (χ0n) is 19.6. The van der Waals surface area contributed by atoms with Crippen LogP contribution in [0.3, 0.4) is 0 Å². The Hall–Kier alpha value is -3.97. The third kappa shape index (κ3) is 3.98. The van der Waals surface area contributed by atoms with Crippen molar-refractivity contribution in [1.29, 1.82) is 5.26 Å². The highest BCUT2D eigenvalue weighted by Crippen LogP contribution is 2.31. The molecule has 2 fully saturated rings.